The summed E-state index contributed by atoms with van der Waals surface area (Å²) in [7, 11) is 1.99. The molecule has 1 fully saturated rings. The second-order valence-electron chi connectivity index (χ2n) is 3.57. The zero-order valence-corrected chi connectivity index (χ0v) is 8.44. The van der Waals surface area contributed by atoms with Crippen LogP contribution in [0.3, 0.4) is 0 Å². The fourth-order valence-electron chi connectivity index (χ4n) is 1.74. The van der Waals surface area contributed by atoms with Crippen molar-refractivity contribution in [3.8, 4) is 6.07 Å². The fourth-order valence-corrected chi connectivity index (χ4v) is 1.74. The normalized spacial score (nSPS) is 23.2. The standard InChI is InChI=1S/C9H16N4O/c1-12-4-5-13(9(14)6-11)8(7-12)2-3-10/h8H,2,4-7,11H2,1H3/t8-/m0/s1. The van der Waals surface area contributed by atoms with Crippen LogP contribution in [0.5, 0.6) is 0 Å². The van der Waals surface area contributed by atoms with Crippen LogP contribution in [-0.4, -0.2) is 55.0 Å². The highest BCUT2D eigenvalue weighted by atomic mass is 16.2. The molecule has 14 heavy (non-hydrogen) atoms. The van der Waals surface area contributed by atoms with Crippen LogP contribution in [0.25, 0.3) is 0 Å². The second-order valence-corrected chi connectivity index (χ2v) is 3.57. The third-order valence-corrected chi connectivity index (χ3v) is 2.51. The van der Waals surface area contributed by atoms with Gasteiger partial charge in [0.2, 0.25) is 5.91 Å². The number of piperazine rings is 1. The predicted molar refractivity (Wildman–Crippen MR) is 52.3 cm³/mol. The van der Waals surface area contributed by atoms with E-state index in [9.17, 15) is 4.79 Å². The van der Waals surface area contributed by atoms with E-state index >= 15 is 0 Å². The number of nitriles is 1. The number of nitrogens with zero attached hydrogens (tertiary/aromatic N) is 3. The summed E-state index contributed by atoms with van der Waals surface area (Å²) >= 11 is 0. The van der Waals surface area contributed by atoms with Crippen LogP contribution in [0.2, 0.25) is 0 Å². The molecule has 1 heterocycles. The molecule has 1 atom stereocenters. The van der Waals surface area contributed by atoms with Crippen LogP contribution in [0.15, 0.2) is 0 Å². The predicted octanol–water partition coefficient (Wildman–Crippen LogP) is -0.999. The number of carbonyl (C=O) groups is 1. The molecule has 0 unspecified atom stereocenters. The molecule has 0 radical (unpaired) electrons. The first-order valence-electron chi connectivity index (χ1n) is 4.74. The van der Waals surface area contributed by atoms with Gasteiger partial charge in [-0.15, -0.1) is 0 Å². The van der Waals surface area contributed by atoms with Crippen molar-refractivity contribution >= 4 is 5.91 Å². The quantitative estimate of drug-likeness (QED) is 0.615. The molecule has 1 amide bonds. The Hall–Kier alpha value is -1.12. The number of rotatable bonds is 2. The summed E-state index contributed by atoms with van der Waals surface area (Å²) in [5.41, 5.74) is 5.31. The highest BCUT2D eigenvalue weighted by Crippen LogP contribution is 2.11. The minimum absolute atomic E-state index is 0.00907. The molecule has 0 bridgehead atoms. The van der Waals surface area contributed by atoms with Crippen molar-refractivity contribution in [1.29, 1.82) is 5.26 Å². The van der Waals surface area contributed by atoms with Crippen molar-refractivity contribution in [3.05, 3.63) is 0 Å². The summed E-state index contributed by atoms with van der Waals surface area (Å²) in [5.74, 6) is -0.0571. The summed E-state index contributed by atoms with van der Waals surface area (Å²) in [4.78, 5) is 15.3. The molecule has 1 aliphatic heterocycles. The molecule has 0 aromatic heterocycles. The average Bonchev–Trinajstić information content (AvgIpc) is 2.17. The van der Waals surface area contributed by atoms with Crippen molar-refractivity contribution in [1.82, 2.24) is 9.80 Å². The Labute approximate surface area is 84.1 Å². The van der Waals surface area contributed by atoms with E-state index in [1.54, 1.807) is 4.90 Å². The Kier molecular flexibility index (Phi) is 3.86. The van der Waals surface area contributed by atoms with Crippen LogP contribution in [0.1, 0.15) is 6.42 Å². The second kappa shape index (κ2) is 4.94. The molecular formula is C9H16N4O. The van der Waals surface area contributed by atoms with Gasteiger partial charge in [0.25, 0.3) is 0 Å². The van der Waals surface area contributed by atoms with Gasteiger partial charge in [0.05, 0.1) is 25.1 Å². The lowest BCUT2D eigenvalue weighted by molar-refractivity contribution is -0.134. The minimum Gasteiger partial charge on any atom is -0.335 e. The maximum Gasteiger partial charge on any atom is 0.236 e. The molecule has 1 saturated heterocycles. The van der Waals surface area contributed by atoms with Crippen LogP contribution in [0.4, 0.5) is 0 Å². The summed E-state index contributed by atoms with van der Waals surface area (Å²) in [6.07, 6.45) is 0.385. The van der Waals surface area contributed by atoms with Gasteiger partial charge in [-0.05, 0) is 7.05 Å². The van der Waals surface area contributed by atoms with E-state index in [1.807, 2.05) is 7.05 Å². The van der Waals surface area contributed by atoms with Crippen molar-refractivity contribution in [2.24, 2.45) is 5.73 Å². The maximum atomic E-state index is 11.4. The topological polar surface area (TPSA) is 73.4 Å². The molecule has 2 N–H and O–H groups in total. The van der Waals surface area contributed by atoms with E-state index in [2.05, 4.69) is 11.0 Å². The summed E-state index contributed by atoms with van der Waals surface area (Å²) < 4.78 is 0. The molecular weight excluding hydrogens is 180 g/mol. The van der Waals surface area contributed by atoms with E-state index in [0.717, 1.165) is 13.1 Å². The van der Waals surface area contributed by atoms with E-state index in [4.69, 9.17) is 11.0 Å². The Morgan fingerprint density at radius 2 is 2.36 bits per heavy atom. The summed E-state index contributed by atoms with van der Waals surface area (Å²) in [6.45, 7) is 2.33. The van der Waals surface area contributed by atoms with Crippen molar-refractivity contribution in [2.75, 3.05) is 33.2 Å². The Bertz CT molecular complexity index is 248. The number of nitrogens with two attached hydrogens (primary N) is 1. The lowest BCUT2D eigenvalue weighted by atomic mass is 10.1. The average molecular weight is 196 g/mol. The highest BCUT2D eigenvalue weighted by Gasteiger charge is 2.27. The van der Waals surface area contributed by atoms with Crippen molar-refractivity contribution in [3.63, 3.8) is 0 Å². The van der Waals surface area contributed by atoms with Gasteiger partial charge in [0, 0.05) is 19.6 Å². The van der Waals surface area contributed by atoms with Crippen LogP contribution >= 0.6 is 0 Å². The van der Waals surface area contributed by atoms with E-state index in [1.165, 1.54) is 0 Å². The third kappa shape index (κ3) is 2.44. The Morgan fingerprint density at radius 1 is 1.64 bits per heavy atom. The van der Waals surface area contributed by atoms with Gasteiger partial charge in [-0.2, -0.15) is 5.26 Å². The maximum absolute atomic E-state index is 11.4. The minimum atomic E-state index is -0.0571. The zero-order valence-electron chi connectivity index (χ0n) is 8.44. The van der Waals surface area contributed by atoms with Gasteiger partial charge < -0.3 is 15.5 Å². The van der Waals surface area contributed by atoms with Crippen LogP contribution in [-0.2, 0) is 4.79 Å². The van der Waals surface area contributed by atoms with E-state index < -0.39 is 0 Å². The van der Waals surface area contributed by atoms with Gasteiger partial charge in [0.15, 0.2) is 0 Å². The molecule has 5 nitrogen and oxygen atoms in total. The summed E-state index contributed by atoms with van der Waals surface area (Å²) in [5, 5.41) is 8.64. The molecule has 5 heteroatoms. The first kappa shape index (κ1) is 11.0. The van der Waals surface area contributed by atoms with Gasteiger partial charge in [-0.25, -0.2) is 0 Å². The largest absolute Gasteiger partial charge is 0.335 e. The smallest absolute Gasteiger partial charge is 0.236 e. The van der Waals surface area contributed by atoms with E-state index in [0.29, 0.717) is 13.0 Å². The highest BCUT2D eigenvalue weighted by molar-refractivity contribution is 5.78. The van der Waals surface area contributed by atoms with Gasteiger partial charge in [-0.3, -0.25) is 4.79 Å². The lowest BCUT2D eigenvalue weighted by Crippen LogP contribution is -2.55. The fraction of sp³-hybridized carbons (Fsp3) is 0.778. The lowest BCUT2D eigenvalue weighted by Gasteiger charge is -2.38. The number of amides is 1. The first-order chi connectivity index (χ1) is 6.69. The monoisotopic (exact) mass is 196 g/mol. The third-order valence-electron chi connectivity index (χ3n) is 2.51. The number of hydrogen-bond donors (Lipinski definition) is 1. The SMILES string of the molecule is CN1CCN(C(=O)CN)[C@@H](CC#N)C1. The number of likely N-dealkylation sites (N-methyl/N-ethyl adjacent to an activating group) is 1. The van der Waals surface area contributed by atoms with Crippen molar-refractivity contribution < 1.29 is 4.79 Å². The molecule has 1 aliphatic rings. The van der Waals surface area contributed by atoms with Gasteiger partial charge in [0.1, 0.15) is 0 Å². The number of carbonyl (C=O) groups excluding carboxylic acids is 1. The molecule has 0 aliphatic carbocycles. The Morgan fingerprint density at radius 3 is 2.93 bits per heavy atom. The zero-order chi connectivity index (χ0) is 10.6. The molecule has 0 spiro atoms. The number of hydrogen-bond acceptors (Lipinski definition) is 4. The van der Waals surface area contributed by atoms with Crippen molar-refractivity contribution in [2.45, 2.75) is 12.5 Å². The summed E-state index contributed by atoms with van der Waals surface area (Å²) in [6, 6.07) is 2.11. The Balaban J connectivity index is 2.63. The van der Waals surface area contributed by atoms with Gasteiger partial charge >= 0.3 is 0 Å². The van der Waals surface area contributed by atoms with Gasteiger partial charge in [-0.1, -0.05) is 0 Å². The molecule has 78 valence electrons. The van der Waals surface area contributed by atoms with Crippen LogP contribution < -0.4 is 5.73 Å². The molecule has 0 aromatic rings. The van der Waals surface area contributed by atoms with Crippen LogP contribution in [0, 0.1) is 11.3 Å². The molecule has 1 rings (SSSR count). The van der Waals surface area contributed by atoms with E-state index in [-0.39, 0.29) is 18.5 Å². The first-order valence-corrected chi connectivity index (χ1v) is 4.74. The molecule has 0 aromatic carbocycles. The molecule has 0 saturated carbocycles.